The third kappa shape index (κ3) is 3.08. The zero-order valence-corrected chi connectivity index (χ0v) is 10.5. The van der Waals surface area contributed by atoms with Crippen LogP contribution >= 0.6 is 0 Å². The van der Waals surface area contributed by atoms with E-state index in [1.165, 1.54) is 36.8 Å². The molecule has 0 heterocycles. The maximum absolute atomic E-state index is 3.72. The van der Waals surface area contributed by atoms with Crippen molar-refractivity contribution in [2.75, 3.05) is 6.54 Å². The molecule has 1 saturated carbocycles. The van der Waals surface area contributed by atoms with Gasteiger partial charge in [0.1, 0.15) is 0 Å². The van der Waals surface area contributed by atoms with Gasteiger partial charge in [0, 0.05) is 6.04 Å². The summed E-state index contributed by atoms with van der Waals surface area (Å²) in [6, 6.07) is 9.64. The van der Waals surface area contributed by atoms with Gasteiger partial charge in [-0.05, 0) is 44.2 Å². The number of benzene rings is 1. The molecule has 0 bridgehead atoms. The van der Waals surface area contributed by atoms with Crippen molar-refractivity contribution in [2.24, 2.45) is 5.92 Å². The van der Waals surface area contributed by atoms with E-state index in [1.807, 2.05) is 0 Å². The van der Waals surface area contributed by atoms with Gasteiger partial charge in [-0.15, -0.1) is 0 Å². The normalized spacial score (nSPS) is 17.4. The molecule has 0 saturated heterocycles. The zero-order chi connectivity index (χ0) is 11.4. The summed E-state index contributed by atoms with van der Waals surface area (Å²) in [7, 11) is 0. The van der Waals surface area contributed by atoms with Crippen LogP contribution in [0.4, 0.5) is 0 Å². The molecule has 2 rings (SSSR count). The first-order valence-corrected chi connectivity index (χ1v) is 6.61. The molecule has 0 aromatic heterocycles. The second kappa shape index (κ2) is 5.49. The lowest BCUT2D eigenvalue weighted by molar-refractivity contribution is 0.473. The van der Waals surface area contributed by atoms with Gasteiger partial charge in [-0.25, -0.2) is 0 Å². The standard InChI is InChI=1S/C15H23N/c1-3-4-11-16-15(14-9-10-14)13-7-5-12(2)6-8-13/h5-8,14-16H,3-4,9-11H2,1-2H3. The van der Waals surface area contributed by atoms with Crippen LogP contribution in [-0.4, -0.2) is 6.54 Å². The fraction of sp³-hybridized carbons (Fsp3) is 0.600. The Morgan fingerprint density at radius 1 is 1.25 bits per heavy atom. The second-order valence-corrected chi connectivity index (χ2v) is 5.03. The maximum atomic E-state index is 3.72. The van der Waals surface area contributed by atoms with Crippen molar-refractivity contribution in [1.82, 2.24) is 5.32 Å². The Hall–Kier alpha value is -0.820. The summed E-state index contributed by atoms with van der Waals surface area (Å²) >= 11 is 0. The summed E-state index contributed by atoms with van der Waals surface area (Å²) in [5.41, 5.74) is 2.83. The summed E-state index contributed by atoms with van der Waals surface area (Å²) in [5, 5.41) is 3.72. The van der Waals surface area contributed by atoms with E-state index < -0.39 is 0 Å². The molecule has 0 spiro atoms. The third-order valence-corrected chi connectivity index (χ3v) is 3.42. The van der Waals surface area contributed by atoms with Crippen molar-refractivity contribution < 1.29 is 0 Å². The lowest BCUT2D eigenvalue weighted by Crippen LogP contribution is -2.24. The summed E-state index contributed by atoms with van der Waals surface area (Å²) in [6.45, 7) is 5.56. The predicted octanol–water partition coefficient (Wildman–Crippen LogP) is 3.84. The largest absolute Gasteiger partial charge is 0.310 e. The highest BCUT2D eigenvalue weighted by molar-refractivity contribution is 5.25. The molecule has 1 aromatic carbocycles. The third-order valence-electron chi connectivity index (χ3n) is 3.42. The van der Waals surface area contributed by atoms with Crippen LogP contribution in [0.25, 0.3) is 0 Å². The van der Waals surface area contributed by atoms with Crippen molar-refractivity contribution in [3.05, 3.63) is 35.4 Å². The molecule has 0 amide bonds. The van der Waals surface area contributed by atoms with E-state index >= 15 is 0 Å². The number of unbranched alkanes of at least 4 members (excludes halogenated alkanes) is 1. The van der Waals surface area contributed by atoms with Crippen LogP contribution in [0.3, 0.4) is 0 Å². The lowest BCUT2D eigenvalue weighted by atomic mass is 10.0. The minimum Gasteiger partial charge on any atom is -0.310 e. The summed E-state index contributed by atoms with van der Waals surface area (Å²) in [4.78, 5) is 0. The number of hydrogen-bond acceptors (Lipinski definition) is 1. The van der Waals surface area contributed by atoms with E-state index in [0.29, 0.717) is 6.04 Å². The Labute approximate surface area is 99.3 Å². The Kier molecular flexibility index (Phi) is 4.00. The number of hydrogen-bond donors (Lipinski definition) is 1. The first kappa shape index (κ1) is 11.7. The molecule has 88 valence electrons. The van der Waals surface area contributed by atoms with Gasteiger partial charge >= 0.3 is 0 Å². The molecule has 1 fully saturated rings. The fourth-order valence-electron chi connectivity index (χ4n) is 2.19. The monoisotopic (exact) mass is 217 g/mol. The van der Waals surface area contributed by atoms with Crippen LogP contribution < -0.4 is 5.32 Å². The van der Waals surface area contributed by atoms with Gasteiger partial charge in [-0.3, -0.25) is 0 Å². The van der Waals surface area contributed by atoms with Crippen molar-refractivity contribution in [3.63, 3.8) is 0 Å². The summed E-state index contributed by atoms with van der Waals surface area (Å²) in [5.74, 6) is 0.888. The van der Waals surface area contributed by atoms with Gasteiger partial charge in [-0.2, -0.15) is 0 Å². The molecular formula is C15H23N. The zero-order valence-electron chi connectivity index (χ0n) is 10.5. The van der Waals surface area contributed by atoms with Crippen molar-refractivity contribution in [1.29, 1.82) is 0 Å². The molecule has 1 nitrogen and oxygen atoms in total. The van der Waals surface area contributed by atoms with Gasteiger partial charge in [-0.1, -0.05) is 43.2 Å². The summed E-state index contributed by atoms with van der Waals surface area (Å²) in [6.07, 6.45) is 5.36. The smallest absolute Gasteiger partial charge is 0.0348 e. The van der Waals surface area contributed by atoms with Crippen LogP contribution in [0.2, 0.25) is 0 Å². The Bertz CT molecular complexity index is 311. The van der Waals surface area contributed by atoms with E-state index in [1.54, 1.807) is 0 Å². The van der Waals surface area contributed by atoms with Crippen LogP contribution in [0, 0.1) is 12.8 Å². The highest BCUT2D eigenvalue weighted by Crippen LogP contribution is 2.40. The van der Waals surface area contributed by atoms with E-state index in [0.717, 1.165) is 12.5 Å². The van der Waals surface area contributed by atoms with Gasteiger partial charge in [0.05, 0.1) is 0 Å². The lowest BCUT2D eigenvalue weighted by Gasteiger charge is -2.18. The first-order chi connectivity index (χ1) is 7.81. The molecule has 0 aliphatic heterocycles. The Morgan fingerprint density at radius 2 is 1.94 bits per heavy atom. The van der Waals surface area contributed by atoms with Crippen LogP contribution in [-0.2, 0) is 0 Å². The van der Waals surface area contributed by atoms with Crippen LogP contribution in [0.1, 0.15) is 49.8 Å². The predicted molar refractivity (Wildman–Crippen MR) is 69.6 cm³/mol. The van der Waals surface area contributed by atoms with E-state index in [2.05, 4.69) is 43.4 Å². The van der Waals surface area contributed by atoms with Crippen molar-refractivity contribution >= 4 is 0 Å². The summed E-state index contributed by atoms with van der Waals surface area (Å²) < 4.78 is 0. The maximum Gasteiger partial charge on any atom is 0.0348 e. The topological polar surface area (TPSA) is 12.0 Å². The van der Waals surface area contributed by atoms with Crippen molar-refractivity contribution in [2.45, 2.75) is 45.6 Å². The average molecular weight is 217 g/mol. The van der Waals surface area contributed by atoms with Gasteiger partial charge in [0.25, 0.3) is 0 Å². The second-order valence-electron chi connectivity index (χ2n) is 5.03. The fourth-order valence-corrected chi connectivity index (χ4v) is 2.19. The first-order valence-electron chi connectivity index (χ1n) is 6.61. The SMILES string of the molecule is CCCCNC(c1ccc(C)cc1)C1CC1. The van der Waals surface area contributed by atoms with Gasteiger partial charge in [0.15, 0.2) is 0 Å². The molecule has 1 aliphatic carbocycles. The minimum absolute atomic E-state index is 0.604. The molecule has 1 heteroatoms. The van der Waals surface area contributed by atoms with E-state index in [9.17, 15) is 0 Å². The van der Waals surface area contributed by atoms with E-state index in [4.69, 9.17) is 0 Å². The number of aryl methyl sites for hydroxylation is 1. The molecule has 1 aromatic rings. The highest BCUT2D eigenvalue weighted by Gasteiger charge is 2.31. The van der Waals surface area contributed by atoms with Crippen LogP contribution in [0.15, 0.2) is 24.3 Å². The number of rotatable bonds is 6. The number of nitrogens with one attached hydrogen (secondary N) is 1. The highest BCUT2D eigenvalue weighted by atomic mass is 14.9. The molecule has 1 aliphatic rings. The minimum atomic E-state index is 0.604. The van der Waals surface area contributed by atoms with Crippen molar-refractivity contribution in [3.8, 4) is 0 Å². The molecule has 1 unspecified atom stereocenters. The van der Waals surface area contributed by atoms with E-state index in [-0.39, 0.29) is 0 Å². The Balaban J connectivity index is 1.98. The van der Waals surface area contributed by atoms with Crippen LogP contribution in [0.5, 0.6) is 0 Å². The Morgan fingerprint density at radius 3 is 2.50 bits per heavy atom. The molecule has 1 N–H and O–H groups in total. The molecule has 0 radical (unpaired) electrons. The molecule has 1 atom stereocenters. The molecular weight excluding hydrogens is 194 g/mol. The quantitative estimate of drug-likeness (QED) is 0.714. The van der Waals surface area contributed by atoms with Gasteiger partial charge in [0.2, 0.25) is 0 Å². The molecule has 16 heavy (non-hydrogen) atoms. The van der Waals surface area contributed by atoms with Gasteiger partial charge < -0.3 is 5.32 Å². The average Bonchev–Trinajstić information content (AvgIpc) is 3.10.